The number of aromatic nitrogens is 2. The van der Waals surface area contributed by atoms with Crippen molar-refractivity contribution >= 4 is 36.4 Å². The Hall–Kier alpha value is -1.60. The van der Waals surface area contributed by atoms with E-state index in [1.54, 1.807) is 12.4 Å². The number of imidazole rings is 1. The van der Waals surface area contributed by atoms with Crippen molar-refractivity contribution in [1.29, 1.82) is 0 Å². The summed E-state index contributed by atoms with van der Waals surface area (Å²) in [5.41, 5.74) is 1.67. The fraction of sp³-hybridized carbons (Fsp3) is 0.333. The number of hydrogen-bond donors (Lipinski definition) is 3. The summed E-state index contributed by atoms with van der Waals surface area (Å²) in [6.07, 6.45) is 3.34. The van der Waals surface area contributed by atoms with Crippen LogP contribution in [0.1, 0.15) is 6.92 Å². The number of aromatic amines is 1. The van der Waals surface area contributed by atoms with Crippen LogP contribution >= 0.6 is 24.8 Å². The number of H-pyrrole nitrogens is 1. The monoisotopic (exact) mass is 358 g/mol. The molecule has 2 heterocycles. The van der Waals surface area contributed by atoms with E-state index >= 15 is 0 Å². The summed E-state index contributed by atoms with van der Waals surface area (Å²) in [5, 5.41) is 6.10. The third-order valence-electron chi connectivity index (χ3n) is 3.50. The molecular weight excluding hydrogens is 339 g/mol. The summed E-state index contributed by atoms with van der Waals surface area (Å²) in [4.78, 5) is 19.6. The minimum Gasteiger partial charge on any atom is -0.375 e. The van der Waals surface area contributed by atoms with Gasteiger partial charge in [0.15, 0.2) is 0 Å². The molecule has 0 radical (unpaired) electrons. The predicted molar refractivity (Wildman–Crippen MR) is 94.4 cm³/mol. The number of hydrogen-bond acceptors (Lipinski definition) is 4. The Balaban J connectivity index is 0.00000132. The molecule has 1 saturated heterocycles. The highest BCUT2D eigenvalue weighted by Crippen LogP contribution is 2.19. The van der Waals surface area contributed by atoms with Gasteiger partial charge in [0.2, 0.25) is 5.91 Å². The highest BCUT2D eigenvalue weighted by atomic mass is 35.5. The first-order valence-corrected chi connectivity index (χ1v) is 7.00. The number of nitrogens with zero attached hydrogens (tertiary/aromatic N) is 1. The van der Waals surface area contributed by atoms with Gasteiger partial charge < -0.3 is 20.4 Å². The van der Waals surface area contributed by atoms with Crippen LogP contribution in [0.4, 0.5) is 5.69 Å². The zero-order valence-corrected chi connectivity index (χ0v) is 14.2. The standard InChI is InChI=1S/C15H18N4O2.2ClH/c1-10-13(16-7-8-21-10)15(20)19-12-4-2-3-11(9-12)14-17-5-6-18-14;;/h2-6,9-10,13,16H,7-8H2,1H3,(H,17,18)(H,19,20);2*1H/t10-,13+;;/m1../s1. The zero-order chi connectivity index (χ0) is 14.7. The Morgan fingerprint density at radius 2 is 2.22 bits per heavy atom. The molecule has 23 heavy (non-hydrogen) atoms. The minimum absolute atomic E-state index is 0. The third-order valence-corrected chi connectivity index (χ3v) is 3.50. The molecule has 0 bridgehead atoms. The lowest BCUT2D eigenvalue weighted by Crippen LogP contribution is -2.53. The van der Waals surface area contributed by atoms with E-state index in [4.69, 9.17) is 4.74 Å². The lowest BCUT2D eigenvalue weighted by Gasteiger charge is -2.29. The highest BCUT2D eigenvalue weighted by molar-refractivity contribution is 5.95. The van der Waals surface area contributed by atoms with Gasteiger partial charge in [-0.2, -0.15) is 0 Å². The van der Waals surface area contributed by atoms with E-state index in [2.05, 4.69) is 20.6 Å². The van der Waals surface area contributed by atoms with E-state index in [0.717, 1.165) is 17.1 Å². The molecular formula is C15H20Cl2N4O2. The maximum atomic E-state index is 12.3. The molecule has 126 valence electrons. The molecule has 1 amide bonds. The molecule has 0 aliphatic carbocycles. The van der Waals surface area contributed by atoms with E-state index in [0.29, 0.717) is 13.2 Å². The Kier molecular flexibility index (Phi) is 7.51. The number of rotatable bonds is 3. The number of halogens is 2. The lowest BCUT2D eigenvalue weighted by molar-refractivity contribution is -0.123. The molecule has 3 rings (SSSR count). The van der Waals surface area contributed by atoms with E-state index in [1.165, 1.54) is 0 Å². The molecule has 1 fully saturated rings. The second-order valence-corrected chi connectivity index (χ2v) is 5.02. The number of morpholine rings is 1. The van der Waals surface area contributed by atoms with E-state index < -0.39 is 0 Å². The van der Waals surface area contributed by atoms with Gasteiger partial charge >= 0.3 is 0 Å². The van der Waals surface area contributed by atoms with Crippen molar-refractivity contribution in [3.8, 4) is 11.4 Å². The summed E-state index contributed by atoms with van der Waals surface area (Å²) < 4.78 is 5.49. The van der Waals surface area contributed by atoms with Crippen LogP contribution in [-0.4, -0.2) is 41.2 Å². The second kappa shape index (κ2) is 8.88. The van der Waals surface area contributed by atoms with Crippen molar-refractivity contribution in [1.82, 2.24) is 15.3 Å². The van der Waals surface area contributed by atoms with Gasteiger partial charge in [-0.25, -0.2) is 4.98 Å². The molecule has 0 spiro atoms. The summed E-state index contributed by atoms with van der Waals surface area (Å²) in [5.74, 6) is 0.692. The van der Waals surface area contributed by atoms with Gasteiger partial charge in [0.25, 0.3) is 0 Å². The van der Waals surface area contributed by atoms with E-state index in [1.807, 2.05) is 31.2 Å². The van der Waals surface area contributed by atoms with Crippen molar-refractivity contribution in [2.24, 2.45) is 0 Å². The van der Waals surface area contributed by atoms with Crippen molar-refractivity contribution in [3.63, 3.8) is 0 Å². The van der Waals surface area contributed by atoms with Crippen LogP contribution in [0.3, 0.4) is 0 Å². The molecule has 1 aromatic heterocycles. The number of anilines is 1. The van der Waals surface area contributed by atoms with Gasteiger partial charge in [-0.1, -0.05) is 12.1 Å². The molecule has 1 aliphatic rings. The molecule has 0 unspecified atom stereocenters. The van der Waals surface area contributed by atoms with Gasteiger partial charge in [-0.15, -0.1) is 24.8 Å². The quantitative estimate of drug-likeness (QED) is 0.785. The molecule has 8 heteroatoms. The number of benzene rings is 1. The maximum absolute atomic E-state index is 12.3. The van der Waals surface area contributed by atoms with Crippen LogP contribution in [0.5, 0.6) is 0 Å². The summed E-state index contributed by atoms with van der Waals surface area (Å²) in [6, 6.07) is 7.26. The third kappa shape index (κ3) is 4.68. The van der Waals surface area contributed by atoms with Crippen molar-refractivity contribution in [2.45, 2.75) is 19.1 Å². The van der Waals surface area contributed by atoms with Gasteiger partial charge in [0.1, 0.15) is 11.9 Å². The molecule has 2 atom stereocenters. The van der Waals surface area contributed by atoms with Crippen LogP contribution in [-0.2, 0) is 9.53 Å². The van der Waals surface area contributed by atoms with Crippen molar-refractivity contribution in [2.75, 3.05) is 18.5 Å². The number of amides is 1. The number of carbonyl (C=O) groups is 1. The Morgan fingerprint density at radius 3 is 2.91 bits per heavy atom. The highest BCUT2D eigenvalue weighted by Gasteiger charge is 2.28. The first-order chi connectivity index (χ1) is 10.2. The minimum atomic E-state index is -0.328. The first kappa shape index (κ1) is 19.4. The second-order valence-electron chi connectivity index (χ2n) is 5.02. The number of carbonyl (C=O) groups excluding carboxylic acids is 1. The topological polar surface area (TPSA) is 79.0 Å². The van der Waals surface area contributed by atoms with Crippen LogP contribution in [0, 0.1) is 0 Å². The Bertz CT molecular complexity index is 622. The van der Waals surface area contributed by atoms with Crippen LogP contribution in [0.25, 0.3) is 11.4 Å². The zero-order valence-electron chi connectivity index (χ0n) is 12.6. The predicted octanol–water partition coefficient (Wildman–Crippen LogP) is 2.24. The van der Waals surface area contributed by atoms with Crippen LogP contribution < -0.4 is 10.6 Å². The summed E-state index contributed by atoms with van der Waals surface area (Å²) in [6.45, 7) is 3.23. The smallest absolute Gasteiger partial charge is 0.244 e. The molecule has 0 saturated carbocycles. The van der Waals surface area contributed by atoms with E-state index in [-0.39, 0.29) is 42.9 Å². The fourth-order valence-electron chi connectivity index (χ4n) is 2.41. The van der Waals surface area contributed by atoms with Crippen LogP contribution in [0.15, 0.2) is 36.7 Å². The van der Waals surface area contributed by atoms with Crippen molar-refractivity contribution < 1.29 is 9.53 Å². The molecule has 3 N–H and O–H groups in total. The first-order valence-electron chi connectivity index (χ1n) is 7.00. The average Bonchev–Trinajstić information content (AvgIpc) is 3.02. The molecule has 1 aromatic carbocycles. The fourth-order valence-corrected chi connectivity index (χ4v) is 2.41. The summed E-state index contributed by atoms with van der Waals surface area (Å²) in [7, 11) is 0. The molecule has 6 nitrogen and oxygen atoms in total. The van der Waals surface area contributed by atoms with Gasteiger partial charge in [0, 0.05) is 30.2 Å². The van der Waals surface area contributed by atoms with Crippen LogP contribution in [0.2, 0.25) is 0 Å². The lowest BCUT2D eigenvalue weighted by atomic mass is 10.1. The largest absolute Gasteiger partial charge is 0.375 e. The molecule has 1 aliphatic heterocycles. The van der Waals surface area contributed by atoms with Gasteiger partial charge in [-0.3, -0.25) is 4.79 Å². The number of nitrogens with one attached hydrogen (secondary N) is 3. The van der Waals surface area contributed by atoms with Gasteiger partial charge in [0.05, 0.1) is 12.7 Å². The Labute approximate surface area is 147 Å². The Morgan fingerprint density at radius 1 is 1.39 bits per heavy atom. The normalized spacial score (nSPS) is 20.0. The molecule has 2 aromatic rings. The van der Waals surface area contributed by atoms with E-state index in [9.17, 15) is 4.79 Å². The number of ether oxygens (including phenoxy) is 1. The SMILES string of the molecule is C[C@H]1OCCN[C@@H]1C(=O)Nc1cccc(-c2ncc[nH]2)c1.Cl.Cl. The van der Waals surface area contributed by atoms with Crippen molar-refractivity contribution in [3.05, 3.63) is 36.7 Å². The summed E-state index contributed by atoms with van der Waals surface area (Å²) >= 11 is 0. The average molecular weight is 359 g/mol. The maximum Gasteiger partial charge on any atom is 0.244 e. The van der Waals surface area contributed by atoms with Gasteiger partial charge in [-0.05, 0) is 19.1 Å².